The van der Waals surface area contributed by atoms with E-state index in [1.807, 2.05) is 6.92 Å². The lowest BCUT2D eigenvalue weighted by molar-refractivity contribution is -0.383. The predicted octanol–water partition coefficient (Wildman–Crippen LogP) is 1.41. The van der Waals surface area contributed by atoms with Crippen molar-refractivity contribution in [3.63, 3.8) is 0 Å². The first-order valence-corrected chi connectivity index (χ1v) is 8.42. The summed E-state index contributed by atoms with van der Waals surface area (Å²) in [5.41, 5.74) is 1.81. The van der Waals surface area contributed by atoms with Crippen LogP contribution in [0.25, 0.3) is 0 Å². The monoisotopic (exact) mass is 320 g/mol. The molecule has 0 saturated heterocycles. The molecule has 112 valence electrons. The number of nitrogen functional groups attached to an aromatic ring is 1. The first kappa shape index (κ1) is 15.2. The Kier molecular flexibility index (Phi) is 4.28. The minimum absolute atomic E-state index is 0.0201. The minimum atomic E-state index is -3.76. The van der Waals surface area contributed by atoms with Crippen molar-refractivity contribution in [1.82, 2.24) is 4.72 Å². The molecule has 10 heteroatoms. The number of nitrogens with two attached hydrogens (primary N) is 1. The molecule has 0 bridgehead atoms. The molecule has 1 aromatic heterocycles. The van der Waals surface area contributed by atoms with Gasteiger partial charge in [0.2, 0.25) is 0 Å². The van der Waals surface area contributed by atoms with Crippen LogP contribution >= 0.6 is 11.3 Å². The molecule has 1 unspecified atom stereocenters. The number of anilines is 1. The van der Waals surface area contributed by atoms with Gasteiger partial charge in [0.05, 0.1) is 4.92 Å². The van der Waals surface area contributed by atoms with Crippen LogP contribution in [0.5, 0.6) is 0 Å². The zero-order valence-electron chi connectivity index (χ0n) is 10.8. The van der Waals surface area contributed by atoms with Crippen LogP contribution in [0.3, 0.4) is 0 Å². The maximum Gasteiger partial charge on any atom is 0.306 e. The number of hydrogen-bond acceptors (Lipinski definition) is 7. The lowest BCUT2D eigenvalue weighted by Crippen LogP contribution is -2.40. The lowest BCUT2D eigenvalue weighted by atomic mass is 9.81. The van der Waals surface area contributed by atoms with E-state index in [0.29, 0.717) is 5.92 Å². The normalized spacial score (nSPS) is 17.5. The van der Waals surface area contributed by atoms with Gasteiger partial charge < -0.3 is 5.43 Å². The van der Waals surface area contributed by atoms with E-state index < -0.39 is 14.9 Å². The van der Waals surface area contributed by atoms with Crippen LogP contribution in [0, 0.1) is 16.0 Å². The molecule has 1 aliphatic rings. The number of thiophene rings is 1. The van der Waals surface area contributed by atoms with Crippen molar-refractivity contribution >= 4 is 32.0 Å². The topological polar surface area (TPSA) is 127 Å². The van der Waals surface area contributed by atoms with Gasteiger partial charge in [-0.1, -0.05) is 17.8 Å². The Hall–Kier alpha value is -1.23. The number of rotatable bonds is 6. The molecule has 8 nitrogen and oxygen atoms in total. The first-order valence-electron chi connectivity index (χ1n) is 6.12. The summed E-state index contributed by atoms with van der Waals surface area (Å²) in [6, 6.07) is 0.847. The third kappa shape index (κ3) is 2.92. The fourth-order valence-corrected chi connectivity index (χ4v) is 4.64. The average molecular weight is 320 g/mol. The van der Waals surface area contributed by atoms with Crippen LogP contribution < -0.4 is 16.0 Å². The van der Waals surface area contributed by atoms with E-state index in [0.717, 1.165) is 36.7 Å². The molecule has 0 aliphatic heterocycles. The zero-order chi connectivity index (χ0) is 14.9. The fraction of sp³-hybridized carbons (Fsp3) is 0.600. The maximum absolute atomic E-state index is 12.2. The molecule has 0 radical (unpaired) electrons. The summed E-state index contributed by atoms with van der Waals surface area (Å²) in [5.74, 6) is 5.51. The predicted molar refractivity (Wildman–Crippen MR) is 75.9 cm³/mol. The van der Waals surface area contributed by atoms with Gasteiger partial charge in [-0.2, -0.15) is 0 Å². The highest BCUT2D eigenvalue weighted by Crippen LogP contribution is 2.37. The molecule has 2 rings (SSSR count). The van der Waals surface area contributed by atoms with Crippen molar-refractivity contribution in [2.24, 2.45) is 11.8 Å². The molecule has 0 aromatic carbocycles. The van der Waals surface area contributed by atoms with Crippen LogP contribution in [0.4, 0.5) is 10.7 Å². The summed E-state index contributed by atoms with van der Waals surface area (Å²) in [6.45, 7) is 1.81. The summed E-state index contributed by atoms with van der Waals surface area (Å²) >= 11 is 0.746. The van der Waals surface area contributed by atoms with Crippen molar-refractivity contribution < 1.29 is 13.3 Å². The summed E-state index contributed by atoms with van der Waals surface area (Å²) in [4.78, 5) is 10.1. The van der Waals surface area contributed by atoms with Crippen molar-refractivity contribution in [1.29, 1.82) is 0 Å². The van der Waals surface area contributed by atoms with E-state index in [1.165, 1.54) is 0 Å². The fourth-order valence-electron chi connectivity index (χ4n) is 2.07. The van der Waals surface area contributed by atoms with Crippen LogP contribution in [-0.2, 0) is 10.0 Å². The average Bonchev–Trinajstić information content (AvgIpc) is 2.70. The van der Waals surface area contributed by atoms with Gasteiger partial charge in [-0.05, 0) is 25.7 Å². The standard InChI is InChI=1S/C10H16N4O4S2/c1-6(7-3-2-4-7)13-20(17,18)9-5-8(14(15)16)10(12-11)19-9/h5-7,12-13H,2-4,11H2,1H3. The van der Waals surface area contributed by atoms with Crippen molar-refractivity contribution in [3.8, 4) is 0 Å². The maximum atomic E-state index is 12.2. The number of hydrazine groups is 1. The Labute approximate surface area is 120 Å². The van der Waals surface area contributed by atoms with E-state index in [-0.39, 0.29) is 20.9 Å². The Morgan fingerprint density at radius 2 is 2.20 bits per heavy atom. The van der Waals surface area contributed by atoms with Gasteiger partial charge in [-0.15, -0.1) is 0 Å². The van der Waals surface area contributed by atoms with Crippen molar-refractivity contribution in [3.05, 3.63) is 16.2 Å². The summed E-state index contributed by atoms with van der Waals surface area (Å²) in [5, 5.41) is 10.8. The Bertz CT molecular complexity index is 609. The molecule has 20 heavy (non-hydrogen) atoms. The zero-order valence-corrected chi connectivity index (χ0v) is 12.5. The highest BCUT2D eigenvalue weighted by Gasteiger charge is 2.31. The van der Waals surface area contributed by atoms with Gasteiger partial charge in [-0.25, -0.2) is 19.0 Å². The van der Waals surface area contributed by atoms with E-state index in [9.17, 15) is 18.5 Å². The molecule has 1 saturated carbocycles. The van der Waals surface area contributed by atoms with Gasteiger partial charge in [0.15, 0.2) is 5.00 Å². The smallest absolute Gasteiger partial charge is 0.306 e. The van der Waals surface area contributed by atoms with Gasteiger partial charge in [0.1, 0.15) is 4.21 Å². The SMILES string of the molecule is CC(NS(=O)(=O)c1cc([N+](=O)[O-])c(NN)s1)C1CCC1. The number of sulfonamides is 1. The molecule has 4 N–H and O–H groups in total. The molecular formula is C10H16N4O4S2. The number of nitrogens with one attached hydrogen (secondary N) is 2. The second kappa shape index (κ2) is 5.64. The number of nitrogens with zero attached hydrogens (tertiary/aromatic N) is 1. The van der Waals surface area contributed by atoms with E-state index >= 15 is 0 Å². The molecule has 1 atom stereocenters. The first-order chi connectivity index (χ1) is 9.35. The molecule has 1 fully saturated rings. The summed E-state index contributed by atoms with van der Waals surface area (Å²) in [6.07, 6.45) is 3.12. The minimum Gasteiger partial charge on any atom is -0.310 e. The van der Waals surface area contributed by atoms with Gasteiger partial charge >= 0.3 is 5.69 Å². The third-order valence-electron chi connectivity index (χ3n) is 3.48. The van der Waals surface area contributed by atoms with Gasteiger partial charge in [0, 0.05) is 12.1 Å². The van der Waals surface area contributed by atoms with Crippen LogP contribution in [0.15, 0.2) is 10.3 Å². The quantitative estimate of drug-likeness (QED) is 0.413. The highest BCUT2D eigenvalue weighted by atomic mass is 32.2. The van der Waals surface area contributed by atoms with E-state index in [4.69, 9.17) is 5.84 Å². The van der Waals surface area contributed by atoms with Gasteiger partial charge in [-0.3, -0.25) is 10.1 Å². The Morgan fingerprint density at radius 1 is 1.55 bits per heavy atom. The second-order valence-corrected chi connectivity index (χ2v) is 7.78. The van der Waals surface area contributed by atoms with Crippen LogP contribution in [0.1, 0.15) is 26.2 Å². The van der Waals surface area contributed by atoms with Gasteiger partial charge in [0.25, 0.3) is 10.0 Å². The Morgan fingerprint density at radius 3 is 2.60 bits per heavy atom. The number of hydrogen-bond donors (Lipinski definition) is 3. The summed E-state index contributed by atoms with van der Waals surface area (Å²) < 4.78 is 26.9. The third-order valence-corrected chi connectivity index (χ3v) is 6.57. The molecule has 0 amide bonds. The number of nitro groups is 1. The summed E-state index contributed by atoms with van der Waals surface area (Å²) in [7, 11) is -3.76. The van der Waals surface area contributed by atoms with E-state index in [2.05, 4.69) is 10.1 Å². The lowest BCUT2D eigenvalue weighted by Gasteiger charge is -2.31. The van der Waals surface area contributed by atoms with Crippen LogP contribution in [0.2, 0.25) is 0 Å². The molecule has 0 spiro atoms. The van der Waals surface area contributed by atoms with Crippen molar-refractivity contribution in [2.45, 2.75) is 36.4 Å². The highest BCUT2D eigenvalue weighted by molar-refractivity contribution is 7.91. The molecule has 1 heterocycles. The Balaban J connectivity index is 2.22. The van der Waals surface area contributed by atoms with Crippen molar-refractivity contribution in [2.75, 3.05) is 5.43 Å². The second-order valence-electron chi connectivity index (χ2n) is 4.78. The van der Waals surface area contributed by atoms with Crippen LogP contribution in [-0.4, -0.2) is 19.4 Å². The largest absolute Gasteiger partial charge is 0.310 e. The molecular weight excluding hydrogens is 304 g/mol. The molecule has 1 aromatic rings. The molecule has 1 aliphatic carbocycles. The van der Waals surface area contributed by atoms with E-state index in [1.54, 1.807) is 0 Å².